The number of rotatable bonds is 12. The van der Waals surface area contributed by atoms with E-state index in [0.29, 0.717) is 30.6 Å². The molecule has 0 saturated carbocycles. The van der Waals surface area contributed by atoms with Crippen LogP contribution in [0.25, 0.3) is 0 Å². The molecule has 0 spiro atoms. The van der Waals surface area contributed by atoms with Crippen molar-refractivity contribution in [3.63, 3.8) is 0 Å². The van der Waals surface area contributed by atoms with Crippen molar-refractivity contribution in [2.75, 3.05) is 38.7 Å². The number of sulfonamides is 1. The molecule has 0 amide bonds. The van der Waals surface area contributed by atoms with E-state index < -0.39 is 40.4 Å². The summed E-state index contributed by atoms with van der Waals surface area (Å²) in [5.74, 6) is 0. The highest BCUT2D eigenvalue weighted by Gasteiger charge is 2.30. The molecule has 1 N–H and O–H groups in total. The number of ether oxygens (including phenoxy) is 2. The van der Waals surface area contributed by atoms with Crippen LogP contribution in [0.15, 0.2) is 30.5 Å². The molecule has 37 heavy (non-hydrogen) atoms. The number of nitrogens with zero attached hydrogens (tertiary/aromatic N) is 5. The van der Waals surface area contributed by atoms with Crippen molar-refractivity contribution in [2.24, 2.45) is 0 Å². The summed E-state index contributed by atoms with van der Waals surface area (Å²) in [4.78, 5) is 2.18. The molecule has 10 nitrogen and oxygen atoms in total. The predicted molar refractivity (Wildman–Crippen MR) is 140 cm³/mol. The number of alkyl halides is 1. The monoisotopic (exact) mass is 541 g/mol. The number of halogens is 1. The van der Waals surface area contributed by atoms with Crippen LogP contribution in [0.4, 0.5) is 10.1 Å². The Bertz CT molecular complexity index is 1090. The van der Waals surface area contributed by atoms with Gasteiger partial charge in [0, 0.05) is 45.8 Å². The van der Waals surface area contributed by atoms with Gasteiger partial charge in [-0.15, -0.1) is 5.10 Å². The van der Waals surface area contributed by atoms with Crippen LogP contribution in [0, 0.1) is 0 Å². The zero-order chi connectivity index (χ0) is 27.3. The molecule has 0 aliphatic carbocycles. The Labute approximate surface area is 219 Å². The van der Waals surface area contributed by atoms with E-state index in [1.165, 1.54) is 23.1 Å². The summed E-state index contributed by atoms with van der Waals surface area (Å²) in [5, 5.41) is 17.8. The van der Waals surface area contributed by atoms with Crippen LogP contribution >= 0.6 is 0 Å². The summed E-state index contributed by atoms with van der Waals surface area (Å²) < 4.78 is 53.0. The normalized spacial score (nSPS) is 22.4. The highest BCUT2D eigenvalue weighted by Crippen LogP contribution is 2.31. The molecular weight excluding hydrogens is 501 g/mol. The highest BCUT2D eigenvalue weighted by atomic mass is 32.2. The van der Waals surface area contributed by atoms with Crippen LogP contribution in [0.5, 0.6) is 0 Å². The Morgan fingerprint density at radius 1 is 1.24 bits per heavy atom. The Hall–Kier alpha value is -2.12. The quantitative estimate of drug-likeness (QED) is 0.437. The van der Waals surface area contributed by atoms with Gasteiger partial charge in [-0.1, -0.05) is 17.3 Å². The minimum Gasteiger partial charge on any atom is -0.374 e. The summed E-state index contributed by atoms with van der Waals surface area (Å²) in [6.45, 7) is 5.21. The third kappa shape index (κ3) is 7.05. The number of benzene rings is 1. The number of hydrogen-bond donors (Lipinski definition) is 1. The Morgan fingerprint density at radius 3 is 2.49 bits per heavy atom. The van der Waals surface area contributed by atoms with Crippen molar-refractivity contribution in [3.8, 4) is 0 Å². The summed E-state index contributed by atoms with van der Waals surface area (Å²) in [6.07, 6.45) is 2.38. The molecule has 0 unspecified atom stereocenters. The van der Waals surface area contributed by atoms with E-state index in [-0.39, 0.29) is 12.1 Å². The van der Waals surface area contributed by atoms with Gasteiger partial charge in [0.25, 0.3) is 0 Å². The minimum absolute atomic E-state index is 0.00226. The average molecular weight is 542 g/mol. The van der Waals surface area contributed by atoms with Crippen molar-refractivity contribution in [2.45, 2.75) is 75.9 Å². The molecule has 1 aliphatic rings. The third-order valence-electron chi connectivity index (χ3n) is 7.03. The molecule has 1 fully saturated rings. The van der Waals surface area contributed by atoms with Crippen molar-refractivity contribution < 1.29 is 27.4 Å². The summed E-state index contributed by atoms with van der Waals surface area (Å²) in [7, 11) is 1.58. The molecule has 2 heterocycles. The zero-order valence-electron chi connectivity index (χ0n) is 22.5. The summed E-state index contributed by atoms with van der Waals surface area (Å²) in [6, 6.07) is 6.34. The molecule has 0 bridgehead atoms. The molecule has 12 heteroatoms. The van der Waals surface area contributed by atoms with Gasteiger partial charge in [-0.3, -0.25) is 4.31 Å². The van der Waals surface area contributed by atoms with Crippen molar-refractivity contribution in [1.82, 2.24) is 19.9 Å². The fourth-order valence-corrected chi connectivity index (χ4v) is 5.71. The first kappa shape index (κ1) is 29.4. The standard InChI is InChI=1S/C25H40FN5O5S/c1-17(2)37(33,34)30(5)21-9-7-19(8-10-21)25(35-6)23(15-26)31-16-20(27-28-31)11-12-29(4)22-13-18(3)36-24(32)14-22/h7-10,16-18,22-25,32H,11-15H2,1-6H3/t18-,22+,23-,24-,25-/m1/s1. The smallest absolute Gasteiger partial charge is 0.237 e. The van der Waals surface area contributed by atoms with Crippen molar-refractivity contribution in [1.29, 1.82) is 0 Å². The van der Waals surface area contributed by atoms with Gasteiger partial charge in [-0.05, 0) is 51.9 Å². The van der Waals surface area contributed by atoms with Crippen LogP contribution < -0.4 is 4.31 Å². The van der Waals surface area contributed by atoms with E-state index in [1.54, 1.807) is 44.3 Å². The largest absolute Gasteiger partial charge is 0.374 e. The maximum absolute atomic E-state index is 14.3. The van der Waals surface area contributed by atoms with Crippen LogP contribution in [-0.4, -0.2) is 91.5 Å². The van der Waals surface area contributed by atoms with Gasteiger partial charge in [0.15, 0.2) is 6.29 Å². The molecule has 2 aromatic rings. The summed E-state index contributed by atoms with van der Waals surface area (Å²) in [5.41, 5.74) is 1.95. The Balaban J connectivity index is 1.68. The lowest BCUT2D eigenvalue weighted by Crippen LogP contribution is -2.43. The number of likely N-dealkylation sites (N-methyl/N-ethyl adjacent to an activating group) is 1. The topological polar surface area (TPSA) is 110 Å². The Kier molecular flexibility index (Phi) is 10.0. The number of aliphatic hydroxyl groups excluding tert-OH is 1. The number of hydrogen-bond acceptors (Lipinski definition) is 8. The van der Waals surface area contributed by atoms with Gasteiger partial charge < -0.3 is 19.5 Å². The number of aromatic nitrogens is 3. The van der Waals surface area contributed by atoms with E-state index in [2.05, 4.69) is 15.2 Å². The second-order valence-electron chi connectivity index (χ2n) is 9.98. The predicted octanol–water partition coefficient (Wildman–Crippen LogP) is 2.71. The molecule has 1 aliphatic heterocycles. The van der Waals surface area contributed by atoms with Gasteiger partial charge in [0.1, 0.15) is 18.8 Å². The molecule has 1 aromatic heterocycles. The van der Waals surface area contributed by atoms with E-state index in [0.717, 1.165) is 12.1 Å². The Morgan fingerprint density at radius 2 is 1.92 bits per heavy atom. The van der Waals surface area contributed by atoms with Gasteiger partial charge in [-0.25, -0.2) is 17.5 Å². The fraction of sp³-hybridized carbons (Fsp3) is 0.680. The molecule has 3 rings (SSSR count). The van der Waals surface area contributed by atoms with Crippen LogP contribution in [-0.2, 0) is 25.9 Å². The highest BCUT2D eigenvalue weighted by molar-refractivity contribution is 7.93. The second kappa shape index (κ2) is 12.6. The lowest BCUT2D eigenvalue weighted by Gasteiger charge is -2.36. The number of methoxy groups -OCH3 is 1. The maximum Gasteiger partial charge on any atom is 0.237 e. The first-order valence-electron chi connectivity index (χ1n) is 12.6. The first-order valence-corrected chi connectivity index (χ1v) is 14.1. The minimum atomic E-state index is -3.46. The second-order valence-corrected chi connectivity index (χ2v) is 12.5. The van der Waals surface area contributed by atoms with Gasteiger partial charge in [0.2, 0.25) is 10.0 Å². The lowest BCUT2D eigenvalue weighted by molar-refractivity contribution is -0.173. The SMILES string of the molecule is CO[C@H](c1ccc(N(C)S(=O)(=O)C(C)C)cc1)[C@@H](CF)n1cc(CCN(C)[C@H]2C[C@@H](C)O[C@@H](O)C2)nn1. The van der Waals surface area contributed by atoms with E-state index in [4.69, 9.17) is 9.47 Å². The third-order valence-corrected chi connectivity index (χ3v) is 9.20. The maximum atomic E-state index is 14.3. The van der Waals surface area contributed by atoms with Crippen molar-refractivity contribution >= 4 is 15.7 Å². The summed E-state index contributed by atoms with van der Waals surface area (Å²) >= 11 is 0. The van der Waals surface area contributed by atoms with Crippen molar-refractivity contribution in [3.05, 3.63) is 41.7 Å². The molecule has 208 valence electrons. The first-order chi connectivity index (χ1) is 17.5. The fourth-order valence-electron chi connectivity index (χ4n) is 4.66. The van der Waals surface area contributed by atoms with Gasteiger partial charge in [-0.2, -0.15) is 0 Å². The van der Waals surface area contributed by atoms with Gasteiger partial charge in [0.05, 0.1) is 22.7 Å². The molecule has 1 saturated heterocycles. The number of anilines is 1. The van der Waals surface area contributed by atoms with Crippen LogP contribution in [0.1, 0.15) is 57.0 Å². The van der Waals surface area contributed by atoms with Crippen LogP contribution in [0.3, 0.4) is 0 Å². The van der Waals surface area contributed by atoms with E-state index >= 15 is 0 Å². The zero-order valence-corrected chi connectivity index (χ0v) is 23.3. The molecule has 1 aromatic carbocycles. The van der Waals surface area contributed by atoms with Gasteiger partial charge >= 0.3 is 0 Å². The molecular formula is C25H40FN5O5S. The van der Waals surface area contributed by atoms with Crippen LogP contribution in [0.2, 0.25) is 0 Å². The van der Waals surface area contributed by atoms with E-state index in [9.17, 15) is 17.9 Å². The molecule has 0 radical (unpaired) electrons. The number of aliphatic hydroxyl groups is 1. The lowest BCUT2D eigenvalue weighted by atomic mass is 10.0. The van der Waals surface area contributed by atoms with E-state index in [1.807, 2.05) is 14.0 Å². The molecule has 5 atom stereocenters. The average Bonchev–Trinajstić information content (AvgIpc) is 3.33.